The summed E-state index contributed by atoms with van der Waals surface area (Å²) in [5.74, 6) is -0.938. The van der Waals surface area contributed by atoms with Gasteiger partial charge in [-0.15, -0.1) is 0 Å². The minimum Gasteiger partial charge on any atom is -0.447 e. The number of ether oxygens (including phenoxy) is 1. The summed E-state index contributed by atoms with van der Waals surface area (Å²) >= 11 is 0. The van der Waals surface area contributed by atoms with Crippen LogP contribution in [-0.4, -0.2) is 41.3 Å². The maximum atomic E-state index is 12.8. The van der Waals surface area contributed by atoms with E-state index >= 15 is 0 Å². The molecule has 1 fully saturated rings. The average molecular weight is 347 g/mol. The van der Waals surface area contributed by atoms with E-state index in [1.807, 2.05) is 30.3 Å². The van der Waals surface area contributed by atoms with E-state index in [1.54, 1.807) is 0 Å². The SMILES string of the molecule is CCCCCCC[C@@H](O)[C@H](Cc1ccccc1)C(=O)N1CCOC1=O. The van der Waals surface area contributed by atoms with Crippen LogP contribution in [-0.2, 0) is 16.0 Å². The third-order valence-electron chi connectivity index (χ3n) is 4.71. The molecule has 25 heavy (non-hydrogen) atoms. The Hall–Kier alpha value is -1.88. The molecule has 1 saturated heterocycles. The van der Waals surface area contributed by atoms with E-state index in [4.69, 9.17) is 4.74 Å². The summed E-state index contributed by atoms with van der Waals surface area (Å²) in [5.41, 5.74) is 0.985. The van der Waals surface area contributed by atoms with E-state index in [0.29, 0.717) is 12.8 Å². The quantitative estimate of drug-likeness (QED) is 0.657. The summed E-state index contributed by atoms with van der Waals surface area (Å²) in [6.07, 6.45) is 5.14. The summed E-state index contributed by atoms with van der Waals surface area (Å²) in [5, 5.41) is 10.6. The zero-order valence-electron chi connectivity index (χ0n) is 15.0. The number of nitrogens with zero attached hydrogens (tertiary/aromatic N) is 1. The van der Waals surface area contributed by atoms with Crippen LogP contribution in [0, 0.1) is 5.92 Å². The summed E-state index contributed by atoms with van der Waals surface area (Å²) in [6, 6.07) is 9.63. The molecule has 138 valence electrons. The lowest BCUT2D eigenvalue weighted by atomic mass is 9.89. The molecule has 2 amide bonds. The molecule has 1 heterocycles. The highest BCUT2D eigenvalue weighted by atomic mass is 16.6. The highest BCUT2D eigenvalue weighted by Gasteiger charge is 2.36. The van der Waals surface area contributed by atoms with Crippen molar-refractivity contribution in [3.8, 4) is 0 Å². The minimum absolute atomic E-state index is 0.232. The molecule has 1 aliphatic rings. The molecule has 0 spiro atoms. The van der Waals surface area contributed by atoms with Crippen LogP contribution in [0.15, 0.2) is 30.3 Å². The molecule has 5 heteroatoms. The summed E-state index contributed by atoms with van der Waals surface area (Å²) in [7, 11) is 0. The maximum absolute atomic E-state index is 12.8. The zero-order chi connectivity index (χ0) is 18.1. The van der Waals surface area contributed by atoms with Crippen LogP contribution in [0.4, 0.5) is 4.79 Å². The number of amides is 2. The predicted octanol–water partition coefficient (Wildman–Crippen LogP) is 3.55. The number of cyclic esters (lactones) is 1. The van der Waals surface area contributed by atoms with Gasteiger partial charge in [0, 0.05) is 0 Å². The van der Waals surface area contributed by atoms with Gasteiger partial charge < -0.3 is 9.84 Å². The molecule has 0 aromatic heterocycles. The summed E-state index contributed by atoms with van der Waals surface area (Å²) in [4.78, 5) is 25.7. The number of carbonyl (C=O) groups excluding carboxylic acids is 2. The number of imide groups is 1. The smallest absolute Gasteiger partial charge is 0.416 e. The Kier molecular flexibility index (Phi) is 7.92. The normalized spacial score (nSPS) is 16.6. The zero-order valence-corrected chi connectivity index (χ0v) is 15.0. The monoisotopic (exact) mass is 347 g/mol. The fourth-order valence-corrected chi connectivity index (χ4v) is 3.21. The molecule has 0 saturated carbocycles. The third-order valence-corrected chi connectivity index (χ3v) is 4.71. The van der Waals surface area contributed by atoms with E-state index in [0.717, 1.165) is 29.7 Å². The molecule has 0 unspecified atom stereocenters. The first kappa shape index (κ1) is 19.4. The van der Waals surface area contributed by atoms with E-state index < -0.39 is 18.1 Å². The fourth-order valence-electron chi connectivity index (χ4n) is 3.21. The van der Waals surface area contributed by atoms with Crippen molar-refractivity contribution in [2.75, 3.05) is 13.2 Å². The number of unbranched alkanes of at least 4 members (excludes halogenated alkanes) is 4. The second-order valence-corrected chi connectivity index (χ2v) is 6.67. The van der Waals surface area contributed by atoms with Crippen molar-refractivity contribution in [2.45, 2.75) is 58.0 Å². The number of hydrogen-bond donors (Lipinski definition) is 1. The van der Waals surface area contributed by atoms with Gasteiger partial charge in [0.15, 0.2) is 0 Å². The molecule has 5 nitrogen and oxygen atoms in total. The Labute approximate surface area is 150 Å². The average Bonchev–Trinajstić information content (AvgIpc) is 3.05. The Balaban J connectivity index is 2.00. The number of carbonyl (C=O) groups is 2. The van der Waals surface area contributed by atoms with Crippen LogP contribution < -0.4 is 0 Å². The molecule has 2 atom stereocenters. The summed E-state index contributed by atoms with van der Waals surface area (Å²) in [6.45, 7) is 2.67. The van der Waals surface area contributed by atoms with Gasteiger partial charge in [0.25, 0.3) is 0 Å². The Morgan fingerprint density at radius 3 is 2.56 bits per heavy atom. The van der Waals surface area contributed by atoms with Crippen molar-refractivity contribution in [3.63, 3.8) is 0 Å². The molecule has 0 aliphatic carbocycles. The molecule has 1 aromatic rings. The number of rotatable bonds is 10. The van der Waals surface area contributed by atoms with E-state index in [1.165, 1.54) is 12.8 Å². The van der Waals surface area contributed by atoms with Gasteiger partial charge in [-0.25, -0.2) is 9.69 Å². The second kappa shape index (κ2) is 10.2. The van der Waals surface area contributed by atoms with Gasteiger partial charge in [-0.05, 0) is 18.4 Å². The Morgan fingerprint density at radius 1 is 1.20 bits per heavy atom. The van der Waals surface area contributed by atoms with Crippen molar-refractivity contribution < 1.29 is 19.4 Å². The van der Waals surface area contributed by atoms with Crippen molar-refractivity contribution >= 4 is 12.0 Å². The van der Waals surface area contributed by atoms with E-state index in [-0.39, 0.29) is 19.1 Å². The van der Waals surface area contributed by atoms with Crippen molar-refractivity contribution in [3.05, 3.63) is 35.9 Å². The van der Waals surface area contributed by atoms with Crippen molar-refractivity contribution in [1.82, 2.24) is 4.90 Å². The molecule has 1 aliphatic heterocycles. The van der Waals surface area contributed by atoms with Crippen LogP contribution in [0.5, 0.6) is 0 Å². The largest absolute Gasteiger partial charge is 0.447 e. The van der Waals surface area contributed by atoms with Gasteiger partial charge in [0.05, 0.1) is 18.6 Å². The number of aliphatic hydroxyl groups is 1. The van der Waals surface area contributed by atoms with Crippen LogP contribution >= 0.6 is 0 Å². The minimum atomic E-state index is -0.747. The molecular weight excluding hydrogens is 318 g/mol. The molecule has 0 radical (unpaired) electrons. The second-order valence-electron chi connectivity index (χ2n) is 6.67. The van der Waals surface area contributed by atoms with Gasteiger partial charge in [0.2, 0.25) is 5.91 Å². The van der Waals surface area contributed by atoms with Crippen molar-refractivity contribution in [1.29, 1.82) is 0 Å². The highest BCUT2D eigenvalue weighted by molar-refractivity contribution is 5.94. The maximum Gasteiger partial charge on any atom is 0.416 e. The fraction of sp³-hybridized carbons (Fsp3) is 0.600. The predicted molar refractivity (Wildman–Crippen MR) is 96.1 cm³/mol. The van der Waals surface area contributed by atoms with Gasteiger partial charge in [-0.2, -0.15) is 0 Å². The number of hydrogen-bond acceptors (Lipinski definition) is 4. The van der Waals surface area contributed by atoms with Gasteiger partial charge >= 0.3 is 6.09 Å². The van der Waals surface area contributed by atoms with Gasteiger partial charge in [-0.1, -0.05) is 69.4 Å². The first-order valence-corrected chi connectivity index (χ1v) is 9.33. The van der Waals surface area contributed by atoms with E-state index in [9.17, 15) is 14.7 Å². The van der Waals surface area contributed by atoms with E-state index in [2.05, 4.69) is 6.92 Å². The van der Waals surface area contributed by atoms with Crippen molar-refractivity contribution in [2.24, 2.45) is 5.92 Å². The standard InChI is InChI=1S/C20H29NO4/c1-2-3-4-5-9-12-18(22)17(15-16-10-7-6-8-11-16)19(23)21-13-14-25-20(21)24/h6-8,10-11,17-18,22H,2-5,9,12-15H2,1H3/t17-,18+/m0/s1. The molecule has 1 N–H and O–H groups in total. The van der Waals surface area contributed by atoms with Crippen LogP contribution in [0.3, 0.4) is 0 Å². The number of benzene rings is 1. The molecule has 0 bridgehead atoms. The van der Waals surface area contributed by atoms with Crippen LogP contribution in [0.25, 0.3) is 0 Å². The van der Waals surface area contributed by atoms with Gasteiger partial charge in [0.1, 0.15) is 6.61 Å². The Morgan fingerprint density at radius 2 is 1.92 bits per heavy atom. The summed E-state index contributed by atoms with van der Waals surface area (Å²) < 4.78 is 4.88. The topological polar surface area (TPSA) is 66.8 Å². The number of aliphatic hydroxyl groups excluding tert-OH is 1. The first-order chi connectivity index (χ1) is 12.1. The Bertz CT molecular complexity index is 546. The van der Waals surface area contributed by atoms with Crippen LogP contribution in [0.2, 0.25) is 0 Å². The molecule has 1 aromatic carbocycles. The van der Waals surface area contributed by atoms with Gasteiger partial charge in [-0.3, -0.25) is 4.79 Å². The molecular formula is C20H29NO4. The lowest BCUT2D eigenvalue weighted by molar-refractivity contribution is -0.135. The third kappa shape index (κ3) is 5.85. The first-order valence-electron chi connectivity index (χ1n) is 9.33. The van der Waals surface area contributed by atoms with Crippen LogP contribution in [0.1, 0.15) is 51.0 Å². The highest BCUT2D eigenvalue weighted by Crippen LogP contribution is 2.22. The lowest BCUT2D eigenvalue weighted by Crippen LogP contribution is -2.42. The molecule has 2 rings (SSSR count). The lowest BCUT2D eigenvalue weighted by Gasteiger charge is -2.25.